The molecule has 0 aromatic carbocycles. The van der Waals surface area contributed by atoms with Crippen molar-refractivity contribution in [2.24, 2.45) is 5.73 Å². The lowest BCUT2D eigenvalue weighted by Crippen LogP contribution is -2.33. The monoisotopic (exact) mass is 301 g/mol. The van der Waals surface area contributed by atoms with Gasteiger partial charge in [-0.15, -0.1) is 0 Å². The van der Waals surface area contributed by atoms with Gasteiger partial charge in [-0.3, -0.25) is 4.79 Å². The zero-order chi connectivity index (χ0) is 15.8. The maximum Gasteiger partial charge on any atom is 0.493 e. The number of halogens is 3. The Hall–Kier alpha value is -2.58. The van der Waals surface area contributed by atoms with Gasteiger partial charge in [-0.05, 0) is 18.1 Å². The van der Waals surface area contributed by atoms with E-state index in [2.05, 4.69) is 9.82 Å². The Morgan fingerprint density at radius 2 is 2.10 bits per heavy atom. The summed E-state index contributed by atoms with van der Waals surface area (Å²) >= 11 is 0. The number of aromatic nitrogens is 2. The van der Waals surface area contributed by atoms with Gasteiger partial charge in [0.05, 0.1) is 11.8 Å². The highest BCUT2D eigenvalue weighted by atomic mass is 19.4. The first kappa shape index (κ1) is 14.8. The SMILES string of the molecule is CCc1cn(OC(=O)C(F)(F)F)c2nccc(C(N)=O)c12. The number of pyridine rings is 1. The molecule has 2 heterocycles. The third-order valence-corrected chi connectivity index (χ3v) is 2.79. The van der Waals surface area contributed by atoms with E-state index in [0.29, 0.717) is 16.7 Å². The molecular formula is C12H10F3N3O3. The molecule has 2 aromatic rings. The van der Waals surface area contributed by atoms with Crippen LogP contribution in [0.5, 0.6) is 0 Å². The zero-order valence-corrected chi connectivity index (χ0v) is 10.8. The van der Waals surface area contributed by atoms with Gasteiger partial charge in [0.2, 0.25) is 5.91 Å². The Bertz CT molecular complexity index is 722. The number of carbonyl (C=O) groups excluding carboxylic acids is 2. The lowest BCUT2D eigenvalue weighted by Gasteiger charge is -2.07. The Morgan fingerprint density at radius 1 is 1.43 bits per heavy atom. The summed E-state index contributed by atoms with van der Waals surface area (Å²) in [5, 5.41) is 0.266. The minimum atomic E-state index is -5.13. The lowest BCUT2D eigenvalue weighted by molar-refractivity contribution is -0.199. The number of hydrogen-bond acceptors (Lipinski definition) is 4. The first-order valence-corrected chi connectivity index (χ1v) is 5.84. The van der Waals surface area contributed by atoms with Crippen LogP contribution >= 0.6 is 0 Å². The molecule has 0 unspecified atom stereocenters. The van der Waals surface area contributed by atoms with E-state index in [9.17, 15) is 22.8 Å². The summed E-state index contributed by atoms with van der Waals surface area (Å²) in [6.45, 7) is 1.72. The van der Waals surface area contributed by atoms with Crippen LogP contribution in [-0.4, -0.2) is 27.8 Å². The van der Waals surface area contributed by atoms with Crippen molar-refractivity contribution in [2.45, 2.75) is 19.5 Å². The molecule has 1 amide bonds. The Labute approximate surface area is 116 Å². The number of rotatable bonds is 3. The molecule has 0 aliphatic heterocycles. The molecule has 0 saturated carbocycles. The number of primary amides is 1. The molecule has 0 fully saturated rings. The molecule has 6 nitrogen and oxygen atoms in total. The number of nitrogens with two attached hydrogens (primary N) is 1. The van der Waals surface area contributed by atoms with E-state index in [4.69, 9.17) is 5.73 Å². The molecule has 9 heteroatoms. The third-order valence-electron chi connectivity index (χ3n) is 2.79. The minimum absolute atomic E-state index is 0.0826. The van der Waals surface area contributed by atoms with Gasteiger partial charge in [0, 0.05) is 11.6 Å². The molecule has 21 heavy (non-hydrogen) atoms. The zero-order valence-electron chi connectivity index (χ0n) is 10.8. The summed E-state index contributed by atoms with van der Waals surface area (Å²) in [5.74, 6) is -3.13. The third kappa shape index (κ3) is 2.67. The maximum atomic E-state index is 12.2. The molecule has 0 aliphatic rings. The smallest absolute Gasteiger partial charge is 0.366 e. The largest absolute Gasteiger partial charge is 0.493 e. The van der Waals surface area contributed by atoms with Crippen molar-refractivity contribution in [3.8, 4) is 0 Å². The summed E-state index contributed by atoms with van der Waals surface area (Å²) in [5.41, 5.74) is 5.72. The Kier molecular flexibility index (Phi) is 3.58. The van der Waals surface area contributed by atoms with E-state index in [-0.39, 0.29) is 16.6 Å². The van der Waals surface area contributed by atoms with E-state index < -0.39 is 18.1 Å². The number of carbonyl (C=O) groups is 2. The highest BCUT2D eigenvalue weighted by Gasteiger charge is 2.42. The van der Waals surface area contributed by atoms with Gasteiger partial charge in [0.1, 0.15) is 0 Å². The quantitative estimate of drug-likeness (QED) is 0.923. The normalized spacial score (nSPS) is 11.6. The maximum absolute atomic E-state index is 12.2. The molecule has 0 bridgehead atoms. The molecule has 0 spiro atoms. The first-order chi connectivity index (χ1) is 9.75. The second-order valence-corrected chi connectivity index (χ2v) is 4.13. The van der Waals surface area contributed by atoms with Gasteiger partial charge in [0.15, 0.2) is 5.65 Å². The van der Waals surface area contributed by atoms with Gasteiger partial charge < -0.3 is 10.6 Å². The standard InChI is InChI=1S/C12H10F3N3O3/c1-2-6-5-18(21-11(20)12(13,14)15)10-8(6)7(9(16)19)3-4-17-10/h3-5H,2H2,1H3,(H2,16,19). The van der Waals surface area contributed by atoms with E-state index in [0.717, 1.165) is 0 Å². The molecule has 2 N–H and O–H groups in total. The fourth-order valence-electron chi connectivity index (χ4n) is 1.89. The number of amides is 1. The van der Waals surface area contributed by atoms with Crippen molar-refractivity contribution < 1.29 is 27.6 Å². The average molecular weight is 301 g/mol. The highest BCUT2D eigenvalue weighted by molar-refractivity contribution is 6.06. The molecular weight excluding hydrogens is 291 g/mol. The number of nitrogens with zero attached hydrogens (tertiary/aromatic N) is 2. The first-order valence-electron chi connectivity index (χ1n) is 5.84. The minimum Gasteiger partial charge on any atom is -0.366 e. The number of fused-ring (bicyclic) bond motifs is 1. The summed E-state index contributed by atoms with van der Waals surface area (Å²) in [4.78, 5) is 30.4. The number of aryl methyl sites for hydroxylation is 1. The van der Waals surface area contributed by atoms with Crippen molar-refractivity contribution in [3.05, 3.63) is 29.6 Å². The summed E-state index contributed by atoms with van der Waals surface area (Å²) < 4.78 is 37.3. The van der Waals surface area contributed by atoms with E-state index in [1.807, 2.05) is 0 Å². The van der Waals surface area contributed by atoms with Crippen LogP contribution in [0.2, 0.25) is 0 Å². The molecule has 0 saturated heterocycles. The summed E-state index contributed by atoms with van der Waals surface area (Å²) in [6, 6.07) is 1.35. The van der Waals surface area contributed by atoms with Crippen LogP contribution in [-0.2, 0) is 11.2 Å². The number of alkyl halides is 3. The van der Waals surface area contributed by atoms with Crippen LogP contribution in [0, 0.1) is 0 Å². The second-order valence-electron chi connectivity index (χ2n) is 4.13. The van der Waals surface area contributed by atoms with Gasteiger partial charge in [-0.2, -0.15) is 17.9 Å². The predicted molar refractivity (Wildman–Crippen MR) is 65.3 cm³/mol. The van der Waals surface area contributed by atoms with E-state index in [1.54, 1.807) is 6.92 Å². The highest BCUT2D eigenvalue weighted by Crippen LogP contribution is 2.24. The Balaban J connectivity index is 2.59. The van der Waals surface area contributed by atoms with Crippen molar-refractivity contribution in [3.63, 3.8) is 0 Å². The second kappa shape index (κ2) is 5.08. The van der Waals surface area contributed by atoms with Crippen molar-refractivity contribution >= 4 is 22.9 Å². The molecule has 2 rings (SSSR count). The van der Waals surface area contributed by atoms with Gasteiger partial charge in [-0.25, -0.2) is 9.78 Å². The van der Waals surface area contributed by atoms with Gasteiger partial charge >= 0.3 is 12.1 Å². The average Bonchev–Trinajstić information content (AvgIpc) is 2.75. The van der Waals surface area contributed by atoms with Crippen LogP contribution < -0.4 is 10.6 Å². The van der Waals surface area contributed by atoms with Crippen molar-refractivity contribution in [2.75, 3.05) is 0 Å². The number of hydrogen-bond donors (Lipinski definition) is 1. The van der Waals surface area contributed by atoms with Crippen LogP contribution in [0.3, 0.4) is 0 Å². The van der Waals surface area contributed by atoms with E-state index >= 15 is 0 Å². The Morgan fingerprint density at radius 3 is 2.62 bits per heavy atom. The van der Waals surface area contributed by atoms with Crippen LogP contribution in [0.15, 0.2) is 18.5 Å². The van der Waals surface area contributed by atoms with Crippen molar-refractivity contribution in [1.82, 2.24) is 9.71 Å². The van der Waals surface area contributed by atoms with Gasteiger partial charge in [0.25, 0.3) is 0 Å². The molecule has 0 aliphatic carbocycles. The van der Waals surface area contributed by atoms with E-state index in [1.165, 1.54) is 18.5 Å². The fourth-order valence-corrected chi connectivity index (χ4v) is 1.89. The molecule has 0 atom stereocenters. The summed E-state index contributed by atoms with van der Waals surface area (Å²) in [6.07, 6.45) is -2.38. The van der Waals surface area contributed by atoms with Crippen LogP contribution in [0.1, 0.15) is 22.8 Å². The van der Waals surface area contributed by atoms with Crippen LogP contribution in [0.25, 0.3) is 11.0 Å². The molecule has 0 radical (unpaired) electrons. The van der Waals surface area contributed by atoms with Crippen LogP contribution in [0.4, 0.5) is 13.2 Å². The fraction of sp³-hybridized carbons (Fsp3) is 0.250. The summed E-state index contributed by atoms with van der Waals surface area (Å²) in [7, 11) is 0. The topological polar surface area (TPSA) is 87.2 Å². The lowest BCUT2D eigenvalue weighted by atomic mass is 10.1. The molecule has 112 valence electrons. The predicted octanol–water partition coefficient (Wildman–Crippen LogP) is 1.22. The van der Waals surface area contributed by atoms with Gasteiger partial charge in [-0.1, -0.05) is 6.92 Å². The molecule has 2 aromatic heterocycles. The van der Waals surface area contributed by atoms with Crippen molar-refractivity contribution in [1.29, 1.82) is 0 Å².